The zero-order valence-electron chi connectivity index (χ0n) is 9.67. The van der Waals surface area contributed by atoms with Crippen molar-refractivity contribution < 1.29 is 9.53 Å². The molecule has 0 saturated carbocycles. The monoisotopic (exact) mass is 237 g/mol. The fourth-order valence-corrected chi connectivity index (χ4v) is 2.72. The molecule has 0 unspecified atom stereocenters. The Bertz CT molecular complexity index is 650. The SMILES string of the molecule is O=C1c2ccccc2[C@H]2OCc3ccccc3N12. The molecule has 1 atom stereocenters. The molecular weight excluding hydrogens is 226 g/mol. The maximum Gasteiger partial charge on any atom is 0.261 e. The van der Waals surface area contributed by atoms with Gasteiger partial charge < -0.3 is 4.74 Å². The molecule has 1 amide bonds. The van der Waals surface area contributed by atoms with E-state index in [0.29, 0.717) is 6.61 Å². The molecule has 3 heteroatoms. The molecule has 2 aliphatic heterocycles. The number of carbonyl (C=O) groups excluding carboxylic acids is 1. The smallest absolute Gasteiger partial charge is 0.261 e. The molecule has 18 heavy (non-hydrogen) atoms. The summed E-state index contributed by atoms with van der Waals surface area (Å²) in [5, 5.41) is 0. The molecule has 0 aliphatic carbocycles. The number of hydrogen-bond acceptors (Lipinski definition) is 2. The summed E-state index contributed by atoms with van der Waals surface area (Å²) in [5.41, 5.74) is 3.75. The van der Waals surface area contributed by atoms with Crippen LogP contribution in [0.15, 0.2) is 48.5 Å². The number of ether oxygens (including phenoxy) is 1. The topological polar surface area (TPSA) is 29.5 Å². The first-order valence-corrected chi connectivity index (χ1v) is 5.98. The van der Waals surface area contributed by atoms with Crippen LogP contribution >= 0.6 is 0 Å². The van der Waals surface area contributed by atoms with E-state index in [-0.39, 0.29) is 12.1 Å². The van der Waals surface area contributed by atoms with Crippen molar-refractivity contribution in [3.05, 3.63) is 65.2 Å². The van der Waals surface area contributed by atoms with Crippen LogP contribution in [0.25, 0.3) is 0 Å². The minimum absolute atomic E-state index is 0.0303. The van der Waals surface area contributed by atoms with E-state index in [2.05, 4.69) is 0 Å². The Balaban J connectivity index is 1.93. The summed E-state index contributed by atoms with van der Waals surface area (Å²) in [6.45, 7) is 0.555. The number of para-hydroxylation sites is 1. The average Bonchev–Trinajstić information content (AvgIpc) is 2.73. The number of amides is 1. The van der Waals surface area contributed by atoms with Crippen molar-refractivity contribution in [2.24, 2.45) is 0 Å². The lowest BCUT2D eigenvalue weighted by Crippen LogP contribution is -2.33. The van der Waals surface area contributed by atoms with Crippen LogP contribution in [0.4, 0.5) is 5.69 Å². The van der Waals surface area contributed by atoms with Gasteiger partial charge in [-0.25, -0.2) is 0 Å². The van der Waals surface area contributed by atoms with Crippen LogP contribution in [0.5, 0.6) is 0 Å². The van der Waals surface area contributed by atoms with Crippen LogP contribution in [0.3, 0.4) is 0 Å². The third-order valence-corrected chi connectivity index (χ3v) is 3.56. The first-order chi connectivity index (χ1) is 8.86. The Morgan fingerprint density at radius 1 is 1.06 bits per heavy atom. The summed E-state index contributed by atoms with van der Waals surface area (Å²) >= 11 is 0. The number of hydrogen-bond donors (Lipinski definition) is 0. The van der Waals surface area contributed by atoms with E-state index in [9.17, 15) is 4.79 Å². The number of rotatable bonds is 0. The number of anilines is 1. The zero-order chi connectivity index (χ0) is 12.1. The molecule has 0 spiro atoms. The van der Waals surface area contributed by atoms with E-state index < -0.39 is 0 Å². The molecule has 2 heterocycles. The quantitative estimate of drug-likeness (QED) is 0.705. The van der Waals surface area contributed by atoms with Crippen molar-refractivity contribution in [1.82, 2.24) is 0 Å². The van der Waals surface area contributed by atoms with Crippen LogP contribution in [0.1, 0.15) is 27.7 Å². The normalized spacial score (nSPS) is 20.3. The highest BCUT2D eigenvalue weighted by molar-refractivity contribution is 6.11. The standard InChI is InChI=1S/C15H11NO2/c17-14-11-6-2-3-7-12(11)15-16(14)13-8-4-1-5-10(13)9-18-15/h1-8,15H,9H2/t15-/m1/s1. The molecule has 3 nitrogen and oxygen atoms in total. The Hall–Kier alpha value is -2.13. The fraction of sp³-hybridized carbons (Fsp3) is 0.133. The minimum Gasteiger partial charge on any atom is -0.349 e. The van der Waals surface area contributed by atoms with Crippen molar-refractivity contribution in [2.75, 3.05) is 4.90 Å². The van der Waals surface area contributed by atoms with Gasteiger partial charge in [0.1, 0.15) is 0 Å². The molecule has 88 valence electrons. The average molecular weight is 237 g/mol. The van der Waals surface area contributed by atoms with Crippen LogP contribution < -0.4 is 4.90 Å². The highest BCUT2D eigenvalue weighted by atomic mass is 16.5. The van der Waals surface area contributed by atoms with Crippen LogP contribution in [0, 0.1) is 0 Å². The Morgan fingerprint density at radius 2 is 1.83 bits per heavy atom. The van der Waals surface area contributed by atoms with E-state index >= 15 is 0 Å². The fourth-order valence-electron chi connectivity index (χ4n) is 2.72. The third kappa shape index (κ3) is 1.14. The molecule has 2 aliphatic rings. The van der Waals surface area contributed by atoms with Gasteiger partial charge in [-0.2, -0.15) is 0 Å². The predicted octanol–water partition coefficient (Wildman–Crippen LogP) is 2.88. The predicted molar refractivity (Wildman–Crippen MR) is 67.2 cm³/mol. The van der Waals surface area contributed by atoms with Gasteiger partial charge >= 0.3 is 0 Å². The van der Waals surface area contributed by atoms with E-state index in [1.165, 1.54) is 0 Å². The van der Waals surface area contributed by atoms with Gasteiger partial charge in [-0.15, -0.1) is 0 Å². The maximum absolute atomic E-state index is 12.4. The second-order valence-electron chi connectivity index (χ2n) is 4.55. The first-order valence-electron chi connectivity index (χ1n) is 5.98. The van der Waals surface area contributed by atoms with Gasteiger partial charge in [0.2, 0.25) is 0 Å². The number of nitrogens with zero attached hydrogens (tertiary/aromatic N) is 1. The van der Waals surface area contributed by atoms with Crippen LogP contribution in [-0.4, -0.2) is 5.91 Å². The highest BCUT2D eigenvalue weighted by Gasteiger charge is 2.41. The third-order valence-electron chi connectivity index (χ3n) is 3.56. The Labute approximate surface area is 105 Å². The van der Waals surface area contributed by atoms with Gasteiger partial charge in [0.15, 0.2) is 6.23 Å². The van der Waals surface area contributed by atoms with Crippen LogP contribution in [-0.2, 0) is 11.3 Å². The zero-order valence-corrected chi connectivity index (χ0v) is 9.67. The summed E-state index contributed by atoms with van der Waals surface area (Å²) in [7, 11) is 0. The first kappa shape index (κ1) is 9.85. The lowest BCUT2D eigenvalue weighted by Gasteiger charge is -2.32. The molecule has 0 aromatic heterocycles. The minimum atomic E-state index is -0.261. The lowest BCUT2D eigenvalue weighted by molar-refractivity contribution is 0.0319. The van der Waals surface area contributed by atoms with E-state index in [1.807, 2.05) is 48.5 Å². The molecule has 0 saturated heterocycles. The van der Waals surface area contributed by atoms with E-state index in [1.54, 1.807) is 4.90 Å². The van der Waals surface area contributed by atoms with Crippen molar-refractivity contribution in [2.45, 2.75) is 12.8 Å². The summed E-state index contributed by atoms with van der Waals surface area (Å²) in [5.74, 6) is 0.0303. The largest absolute Gasteiger partial charge is 0.349 e. The molecule has 0 fully saturated rings. The Kier molecular flexibility index (Phi) is 1.88. The summed E-state index contributed by atoms with van der Waals surface area (Å²) in [4.78, 5) is 14.2. The lowest BCUT2D eigenvalue weighted by atomic mass is 10.1. The van der Waals surface area contributed by atoms with E-state index in [4.69, 9.17) is 4.74 Å². The van der Waals surface area contributed by atoms with Crippen molar-refractivity contribution >= 4 is 11.6 Å². The second-order valence-corrected chi connectivity index (χ2v) is 4.55. The number of carbonyl (C=O) groups is 1. The summed E-state index contributed by atoms with van der Waals surface area (Å²) < 4.78 is 5.83. The molecule has 0 N–H and O–H groups in total. The molecular formula is C15H11NO2. The molecule has 0 radical (unpaired) electrons. The Morgan fingerprint density at radius 3 is 2.78 bits per heavy atom. The van der Waals surface area contributed by atoms with Gasteiger partial charge in [0.05, 0.1) is 12.3 Å². The van der Waals surface area contributed by atoms with Crippen molar-refractivity contribution in [1.29, 1.82) is 0 Å². The van der Waals surface area contributed by atoms with Crippen LogP contribution in [0.2, 0.25) is 0 Å². The van der Waals surface area contributed by atoms with Gasteiger partial charge in [-0.3, -0.25) is 9.69 Å². The van der Waals surface area contributed by atoms with E-state index in [0.717, 1.165) is 22.4 Å². The van der Waals surface area contributed by atoms with Gasteiger partial charge in [0.25, 0.3) is 5.91 Å². The van der Waals surface area contributed by atoms with Gasteiger partial charge in [-0.1, -0.05) is 36.4 Å². The summed E-state index contributed by atoms with van der Waals surface area (Å²) in [6, 6.07) is 15.6. The van der Waals surface area contributed by atoms with Gasteiger partial charge in [0, 0.05) is 16.7 Å². The maximum atomic E-state index is 12.4. The number of benzene rings is 2. The highest BCUT2D eigenvalue weighted by Crippen LogP contribution is 2.43. The van der Waals surface area contributed by atoms with Gasteiger partial charge in [-0.05, 0) is 12.1 Å². The molecule has 0 bridgehead atoms. The molecule has 2 aromatic carbocycles. The second kappa shape index (κ2) is 3.43. The number of fused-ring (bicyclic) bond motifs is 5. The van der Waals surface area contributed by atoms with Crippen molar-refractivity contribution in [3.8, 4) is 0 Å². The van der Waals surface area contributed by atoms with Crippen molar-refractivity contribution in [3.63, 3.8) is 0 Å². The summed E-state index contributed by atoms with van der Waals surface area (Å²) in [6.07, 6.45) is -0.261. The molecule has 4 rings (SSSR count). The molecule has 2 aromatic rings.